The number of unbranched alkanes of at least 4 members (excludes halogenated alkanes) is 2. The van der Waals surface area contributed by atoms with Gasteiger partial charge in [-0.25, -0.2) is 4.39 Å². The molecule has 0 aliphatic carbocycles. The minimum absolute atomic E-state index is 0.0260. The first-order valence-electron chi connectivity index (χ1n) is 12.0. The van der Waals surface area contributed by atoms with Crippen molar-refractivity contribution in [1.29, 1.82) is 0 Å². The highest BCUT2D eigenvalue weighted by Gasteiger charge is 2.33. The van der Waals surface area contributed by atoms with E-state index in [0.29, 0.717) is 43.7 Å². The zero-order valence-electron chi connectivity index (χ0n) is 19.8. The van der Waals surface area contributed by atoms with Gasteiger partial charge in [0.1, 0.15) is 18.5 Å². The first-order valence-corrected chi connectivity index (χ1v) is 12.0. The van der Waals surface area contributed by atoms with E-state index >= 15 is 0 Å². The molecule has 0 saturated carbocycles. The number of carbonyl (C=O) groups excluding carboxylic acids is 3. The highest BCUT2D eigenvalue weighted by Crippen LogP contribution is 2.23. The number of hydrogen-bond donors (Lipinski definition) is 3. The monoisotopic (exact) mass is 484 g/mol. The third-order valence-electron chi connectivity index (χ3n) is 5.90. The zero-order valence-corrected chi connectivity index (χ0v) is 19.8. The van der Waals surface area contributed by atoms with E-state index in [9.17, 15) is 18.8 Å². The lowest BCUT2D eigenvalue weighted by Crippen LogP contribution is -2.43. The maximum Gasteiger partial charge on any atom is 0.247 e. The molecule has 188 valence electrons. The highest BCUT2D eigenvalue weighted by molar-refractivity contribution is 5.99. The molecule has 2 aromatic carbocycles. The van der Waals surface area contributed by atoms with Crippen molar-refractivity contribution >= 4 is 29.1 Å². The smallest absolute Gasteiger partial charge is 0.247 e. The van der Waals surface area contributed by atoms with Gasteiger partial charge in [0.05, 0.1) is 18.0 Å². The van der Waals surface area contributed by atoms with E-state index < -0.39 is 6.04 Å². The number of anilines is 2. The van der Waals surface area contributed by atoms with Crippen molar-refractivity contribution < 1.29 is 23.5 Å². The summed E-state index contributed by atoms with van der Waals surface area (Å²) in [7, 11) is 0. The van der Waals surface area contributed by atoms with Gasteiger partial charge in [-0.2, -0.15) is 0 Å². The van der Waals surface area contributed by atoms with Crippen LogP contribution in [0.1, 0.15) is 44.1 Å². The molecule has 35 heavy (non-hydrogen) atoms. The Morgan fingerprint density at radius 1 is 1.06 bits per heavy atom. The predicted molar refractivity (Wildman–Crippen MR) is 132 cm³/mol. The number of rotatable bonds is 12. The fraction of sp³-hybridized carbons (Fsp3) is 0.423. The van der Waals surface area contributed by atoms with Crippen LogP contribution < -0.4 is 16.4 Å². The van der Waals surface area contributed by atoms with E-state index in [1.54, 1.807) is 41.3 Å². The molecule has 0 bridgehead atoms. The molecule has 0 spiro atoms. The minimum Gasteiger partial charge on any atom is -0.397 e. The molecule has 2 aromatic rings. The summed E-state index contributed by atoms with van der Waals surface area (Å²) in [5.74, 6) is -0.763. The first-order chi connectivity index (χ1) is 16.9. The van der Waals surface area contributed by atoms with Gasteiger partial charge in [-0.1, -0.05) is 30.7 Å². The third-order valence-corrected chi connectivity index (χ3v) is 5.90. The van der Waals surface area contributed by atoms with Crippen LogP contribution in [0.5, 0.6) is 0 Å². The minimum atomic E-state index is -0.476. The van der Waals surface area contributed by atoms with Crippen molar-refractivity contribution in [3.63, 3.8) is 0 Å². The van der Waals surface area contributed by atoms with Crippen molar-refractivity contribution in [2.45, 2.75) is 51.2 Å². The second-order valence-corrected chi connectivity index (χ2v) is 8.60. The lowest BCUT2D eigenvalue weighted by molar-refractivity contribution is -0.136. The Morgan fingerprint density at radius 3 is 2.60 bits per heavy atom. The summed E-state index contributed by atoms with van der Waals surface area (Å²) >= 11 is 0. The van der Waals surface area contributed by atoms with Crippen molar-refractivity contribution in [2.24, 2.45) is 0 Å². The number of halogens is 1. The second kappa shape index (κ2) is 13.4. The Balaban J connectivity index is 1.27. The van der Waals surface area contributed by atoms with Crippen LogP contribution in [0.15, 0.2) is 48.5 Å². The van der Waals surface area contributed by atoms with Gasteiger partial charge < -0.3 is 26.0 Å². The van der Waals surface area contributed by atoms with E-state index in [4.69, 9.17) is 10.5 Å². The van der Waals surface area contributed by atoms with Gasteiger partial charge in [-0.15, -0.1) is 0 Å². The molecule has 1 heterocycles. The number of nitrogens with two attached hydrogens (primary N) is 1. The number of ether oxygens (including phenoxy) is 1. The molecule has 3 amide bonds. The van der Waals surface area contributed by atoms with Crippen LogP contribution in [0, 0.1) is 5.82 Å². The fourth-order valence-electron chi connectivity index (χ4n) is 4.01. The van der Waals surface area contributed by atoms with Gasteiger partial charge in [-0.05, 0) is 55.5 Å². The quantitative estimate of drug-likeness (QED) is 0.316. The molecule has 1 aliphatic heterocycles. The fourth-order valence-corrected chi connectivity index (χ4v) is 4.01. The van der Waals surface area contributed by atoms with Crippen LogP contribution in [0.25, 0.3) is 0 Å². The zero-order chi connectivity index (χ0) is 25.0. The molecule has 0 unspecified atom stereocenters. The molecular weight excluding hydrogens is 451 g/mol. The second-order valence-electron chi connectivity index (χ2n) is 8.60. The number of nitrogens with one attached hydrogen (secondary N) is 2. The number of benzene rings is 2. The molecule has 9 heteroatoms. The number of para-hydroxylation sites is 2. The van der Waals surface area contributed by atoms with Crippen LogP contribution in [0.4, 0.5) is 15.8 Å². The molecule has 1 aliphatic rings. The summed E-state index contributed by atoms with van der Waals surface area (Å²) in [5, 5.41) is 5.62. The Labute approximate surface area is 205 Å². The molecule has 1 atom stereocenters. The maximum absolute atomic E-state index is 12.9. The number of carbonyl (C=O) groups is 3. The van der Waals surface area contributed by atoms with E-state index in [1.807, 2.05) is 0 Å². The molecule has 1 fully saturated rings. The summed E-state index contributed by atoms with van der Waals surface area (Å²) < 4.78 is 18.2. The van der Waals surface area contributed by atoms with Gasteiger partial charge in [0.25, 0.3) is 0 Å². The van der Waals surface area contributed by atoms with Crippen LogP contribution in [0.2, 0.25) is 0 Å². The average Bonchev–Trinajstić information content (AvgIpc) is 3.34. The van der Waals surface area contributed by atoms with Crippen molar-refractivity contribution in [1.82, 2.24) is 10.2 Å². The Hall–Kier alpha value is -3.46. The van der Waals surface area contributed by atoms with Crippen LogP contribution in [0.3, 0.4) is 0 Å². The number of hydrogen-bond acceptors (Lipinski definition) is 5. The number of nitrogen functional groups attached to an aromatic ring is 1. The first kappa shape index (κ1) is 26.2. The SMILES string of the molecule is Nc1ccccc1NC(=O)[C@@H]1CCCN1C(=O)CCCCCNC(=O)COCc1ccc(F)cc1. The van der Waals surface area contributed by atoms with Gasteiger partial charge in [0, 0.05) is 19.5 Å². The van der Waals surface area contributed by atoms with Crippen molar-refractivity contribution in [3.8, 4) is 0 Å². The molecule has 0 aromatic heterocycles. The number of amides is 3. The largest absolute Gasteiger partial charge is 0.397 e. The summed E-state index contributed by atoms with van der Waals surface area (Å²) in [4.78, 5) is 38.9. The van der Waals surface area contributed by atoms with Crippen molar-refractivity contribution in [2.75, 3.05) is 30.7 Å². The Kier molecular flexibility index (Phi) is 10.0. The third kappa shape index (κ3) is 8.36. The van der Waals surface area contributed by atoms with Crippen LogP contribution in [-0.2, 0) is 25.7 Å². The van der Waals surface area contributed by atoms with Gasteiger partial charge in [-0.3, -0.25) is 14.4 Å². The maximum atomic E-state index is 12.9. The van der Waals surface area contributed by atoms with E-state index in [-0.39, 0.29) is 36.8 Å². The van der Waals surface area contributed by atoms with Gasteiger partial charge >= 0.3 is 0 Å². The molecule has 3 rings (SSSR count). The lowest BCUT2D eigenvalue weighted by Gasteiger charge is -2.24. The van der Waals surface area contributed by atoms with Crippen LogP contribution >= 0.6 is 0 Å². The molecular formula is C26H33FN4O4. The Morgan fingerprint density at radius 2 is 1.83 bits per heavy atom. The van der Waals surface area contributed by atoms with Crippen molar-refractivity contribution in [3.05, 3.63) is 59.9 Å². The normalized spacial score (nSPS) is 15.1. The number of nitrogens with zero attached hydrogens (tertiary/aromatic N) is 1. The molecule has 8 nitrogen and oxygen atoms in total. The summed E-state index contributed by atoms with van der Waals surface area (Å²) in [5.41, 5.74) is 7.74. The number of likely N-dealkylation sites (tertiary alicyclic amines) is 1. The molecule has 0 radical (unpaired) electrons. The Bertz CT molecular complexity index is 999. The predicted octanol–water partition coefficient (Wildman–Crippen LogP) is 3.23. The standard InChI is InChI=1S/C26H33FN4O4/c27-20-13-11-19(12-14-20)17-35-18-24(32)29-15-5-1-2-10-25(33)31-16-6-9-23(31)26(34)30-22-8-4-3-7-21(22)28/h3-4,7-8,11-14,23H,1-2,5-6,9-10,15-18,28H2,(H,29,32)(H,30,34)/t23-/m0/s1. The molecule has 1 saturated heterocycles. The lowest BCUT2D eigenvalue weighted by atomic mass is 10.1. The van der Waals surface area contributed by atoms with Gasteiger partial charge in [0.15, 0.2) is 0 Å². The summed E-state index contributed by atoms with van der Waals surface area (Å²) in [6.45, 7) is 1.25. The highest BCUT2D eigenvalue weighted by atomic mass is 19.1. The van der Waals surface area contributed by atoms with E-state index in [1.165, 1.54) is 12.1 Å². The van der Waals surface area contributed by atoms with Gasteiger partial charge in [0.2, 0.25) is 17.7 Å². The topological polar surface area (TPSA) is 114 Å². The molecule has 4 N–H and O–H groups in total. The van der Waals surface area contributed by atoms with Crippen LogP contribution in [-0.4, -0.2) is 48.4 Å². The van der Waals surface area contributed by atoms with E-state index in [2.05, 4.69) is 10.6 Å². The average molecular weight is 485 g/mol. The summed E-state index contributed by atoms with van der Waals surface area (Å²) in [6, 6.07) is 12.5. The summed E-state index contributed by atoms with van der Waals surface area (Å²) in [6.07, 6.45) is 4.02. The van der Waals surface area contributed by atoms with E-state index in [0.717, 1.165) is 24.8 Å².